The fourth-order valence-electron chi connectivity index (χ4n) is 3.91. The minimum Gasteiger partial charge on any atom is -0.350 e. The third-order valence-corrected chi connectivity index (χ3v) is 6.19. The molecular formula is C27H25ClN2O2. The summed E-state index contributed by atoms with van der Waals surface area (Å²) in [5, 5.41) is 3.73. The number of hydrogen-bond donors (Lipinski definition) is 1. The predicted molar refractivity (Wildman–Crippen MR) is 131 cm³/mol. The van der Waals surface area contributed by atoms with E-state index in [1.165, 1.54) is 10.5 Å². The van der Waals surface area contributed by atoms with E-state index in [0.29, 0.717) is 16.3 Å². The van der Waals surface area contributed by atoms with Crippen LogP contribution in [0.15, 0.2) is 66.4 Å². The van der Waals surface area contributed by atoms with E-state index in [2.05, 4.69) is 12.2 Å². The Morgan fingerprint density at radius 3 is 2.19 bits per heavy atom. The van der Waals surface area contributed by atoms with Crippen molar-refractivity contribution in [1.82, 2.24) is 0 Å². The van der Waals surface area contributed by atoms with Gasteiger partial charge < -0.3 is 5.32 Å². The Morgan fingerprint density at radius 1 is 0.844 bits per heavy atom. The summed E-state index contributed by atoms with van der Waals surface area (Å²) in [6.45, 7) is 7.92. The van der Waals surface area contributed by atoms with Gasteiger partial charge in [-0.25, -0.2) is 4.90 Å². The highest BCUT2D eigenvalue weighted by atomic mass is 35.5. The number of rotatable bonds is 5. The van der Waals surface area contributed by atoms with Crippen LogP contribution in [0.25, 0.3) is 5.57 Å². The van der Waals surface area contributed by atoms with Crippen molar-refractivity contribution in [3.63, 3.8) is 0 Å². The van der Waals surface area contributed by atoms with Gasteiger partial charge in [0.15, 0.2) is 0 Å². The number of nitrogens with zero attached hydrogens (tertiary/aromatic N) is 1. The molecule has 162 valence electrons. The molecule has 1 aliphatic heterocycles. The van der Waals surface area contributed by atoms with Crippen molar-refractivity contribution in [3.05, 3.63) is 99.2 Å². The molecule has 3 aromatic rings. The number of hydrogen-bond acceptors (Lipinski definition) is 3. The molecule has 0 atom stereocenters. The van der Waals surface area contributed by atoms with Gasteiger partial charge in [0.1, 0.15) is 5.70 Å². The van der Waals surface area contributed by atoms with Crippen LogP contribution in [0.4, 0.5) is 11.4 Å². The van der Waals surface area contributed by atoms with Crippen LogP contribution in [-0.4, -0.2) is 11.8 Å². The number of imide groups is 1. The Hall–Kier alpha value is -3.37. The van der Waals surface area contributed by atoms with Gasteiger partial charge in [-0.1, -0.05) is 60.5 Å². The topological polar surface area (TPSA) is 49.4 Å². The molecule has 0 saturated carbocycles. The molecule has 0 bridgehead atoms. The second-order valence-corrected chi connectivity index (χ2v) is 8.53. The van der Waals surface area contributed by atoms with E-state index in [4.69, 9.17) is 11.6 Å². The molecule has 4 nitrogen and oxygen atoms in total. The van der Waals surface area contributed by atoms with Gasteiger partial charge in [-0.3, -0.25) is 9.59 Å². The second kappa shape index (κ2) is 8.64. The molecule has 0 spiro atoms. The van der Waals surface area contributed by atoms with Crippen molar-refractivity contribution in [2.45, 2.75) is 34.1 Å². The number of carbonyl (C=O) groups is 2. The summed E-state index contributed by atoms with van der Waals surface area (Å²) in [6, 6.07) is 19.0. The molecular weight excluding hydrogens is 420 g/mol. The van der Waals surface area contributed by atoms with Gasteiger partial charge >= 0.3 is 0 Å². The Bertz CT molecular complexity index is 1260. The highest BCUT2D eigenvalue weighted by molar-refractivity contribution is 6.46. The summed E-state index contributed by atoms with van der Waals surface area (Å²) in [7, 11) is 0. The second-order valence-electron chi connectivity index (χ2n) is 8.12. The smallest absolute Gasteiger partial charge is 0.282 e. The average Bonchev–Trinajstić information content (AvgIpc) is 3.00. The average molecular weight is 445 g/mol. The van der Waals surface area contributed by atoms with Crippen molar-refractivity contribution in [2.75, 3.05) is 10.2 Å². The zero-order valence-electron chi connectivity index (χ0n) is 18.6. The third kappa shape index (κ3) is 3.94. The Balaban J connectivity index is 1.83. The van der Waals surface area contributed by atoms with E-state index < -0.39 is 5.91 Å². The van der Waals surface area contributed by atoms with E-state index >= 15 is 0 Å². The molecule has 32 heavy (non-hydrogen) atoms. The summed E-state index contributed by atoms with van der Waals surface area (Å²) in [5.41, 5.74) is 6.69. The molecule has 2 amide bonds. The monoisotopic (exact) mass is 444 g/mol. The minimum absolute atomic E-state index is 0.267. The van der Waals surface area contributed by atoms with Crippen molar-refractivity contribution < 1.29 is 9.59 Å². The van der Waals surface area contributed by atoms with Gasteiger partial charge in [0.25, 0.3) is 11.8 Å². The number of halogens is 1. The Morgan fingerprint density at radius 2 is 1.56 bits per heavy atom. The molecule has 0 radical (unpaired) electrons. The fourth-order valence-corrected chi connectivity index (χ4v) is 4.09. The predicted octanol–water partition coefficient (Wildman–Crippen LogP) is 6.22. The summed E-state index contributed by atoms with van der Waals surface area (Å²) in [4.78, 5) is 28.4. The molecule has 0 fully saturated rings. The van der Waals surface area contributed by atoms with Crippen molar-refractivity contribution >= 4 is 40.4 Å². The van der Waals surface area contributed by atoms with E-state index in [-0.39, 0.29) is 11.6 Å². The first-order valence-electron chi connectivity index (χ1n) is 10.6. The standard InChI is InChI=1S/C27H25ClN2O2/c1-5-19-8-10-20(11-9-19)29-25-24(22-13-6-16(2)14-18(22)4)26(31)30(27(25)32)21-12-7-17(3)23(28)15-21/h6-15,29H,5H2,1-4H3. The normalized spacial score (nSPS) is 13.8. The highest BCUT2D eigenvalue weighted by Gasteiger charge is 2.40. The lowest BCUT2D eigenvalue weighted by molar-refractivity contribution is -0.120. The van der Waals surface area contributed by atoms with E-state index in [1.54, 1.807) is 12.1 Å². The van der Waals surface area contributed by atoms with E-state index in [0.717, 1.165) is 34.4 Å². The maximum atomic E-state index is 13.6. The van der Waals surface area contributed by atoms with Crippen LogP contribution in [0, 0.1) is 20.8 Å². The van der Waals surface area contributed by atoms with Gasteiger partial charge in [-0.05, 0) is 73.7 Å². The molecule has 5 heteroatoms. The van der Waals surface area contributed by atoms with Crippen molar-refractivity contribution in [1.29, 1.82) is 0 Å². The first-order valence-corrected chi connectivity index (χ1v) is 11.0. The molecule has 0 saturated heterocycles. The van der Waals surface area contributed by atoms with Gasteiger partial charge in [-0.2, -0.15) is 0 Å². The molecule has 1 aliphatic rings. The molecule has 0 aliphatic carbocycles. The molecule has 3 aromatic carbocycles. The molecule has 0 unspecified atom stereocenters. The lowest BCUT2D eigenvalue weighted by atomic mass is 9.97. The zero-order chi connectivity index (χ0) is 23.0. The molecule has 1 N–H and O–H groups in total. The zero-order valence-corrected chi connectivity index (χ0v) is 19.4. The molecule has 1 heterocycles. The number of benzene rings is 3. The quantitative estimate of drug-likeness (QED) is 0.475. The Labute approximate surface area is 193 Å². The van der Waals surface area contributed by atoms with Crippen molar-refractivity contribution in [3.8, 4) is 0 Å². The first kappa shape index (κ1) is 21.8. The van der Waals surface area contributed by atoms with E-state index in [9.17, 15) is 9.59 Å². The molecule has 4 rings (SSSR count). The summed E-state index contributed by atoms with van der Waals surface area (Å²) in [5.74, 6) is -0.765. The number of nitrogens with one attached hydrogen (secondary N) is 1. The van der Waals surface area contributed by atoms with Gasteiger partial charge in [0.2, 0.25) is 0 Å². The number of aryl methyl sites for hydroxylation is 4. The van der Waals surface area contributed by atoms with Crippen LogP contribution in [0.5, 0.6) is 0 Å². The van der Waals surface area contributed by atoms with Gasteiger partial charge in [0.05, 0.1) is 11.3 Å². The van der Waals surface area contributed by atoms with E-state index in [1.807, 2.05) is 69.3 Å². The summed E-state index contributed by atoms with van der Waals surface area (Å²) in [6.07, 6.45) is 0.927. The molecule has 0 aromatic heterocycles. The first-order chi connectivity index (χ1) is 15.3. The van der Waals surface area contributed by atoms with Crippen LogP contribution < -0.4 is 10.2 Å². The number of carbonyl (C=O) groups excluding carboxylic acids is 2. The summed E-state index contributed by atoms with van der Waals surface area (Å²) >= 11 is 6.30. The maximum absolute atomic E-state index is 13.6. The summed E-state index contributed by atoms with van der Waals surface area (Å²) < 4.78 is 0. The van der Waals surface area contributed by atoms with Crippen LogP contribution in [0.1, 0.15) is 34.7 Å². The van der Waals surface area contributed by atoms with Crippen LogP contribution in [0.3, 0.4) is 0 Å². The number of amides is 2. The maximum Gasteiger partial charge on any atom is 0.282 e. The SMILES string of the molecule is CCc1ccc(NC2=C(c3ccc(C)cc3C)C(=O)N(c3ccc(C)c(Cl)c3)C2=O)cc1. The fraction of sp³-hybridized carbons (Fsp3) is 0.185. The third-order valence-electron chi connectivity index (χ3n) is 5.78. The van der Waals surface area contributed by atoms with Crippen LogP contribution >= 0.6 is 11.6 Å². The van der Waals surface area contributed by atoms with Gasteiger partial charge in [-0.15, -0.1) is 0 Å². The van der Waals surface area contributed by atoms with Crippen LogP contribution in [0.2, 0.25) is 5.02 Å². The van der Waals surface area contributed by atoms with Gasteiger partial charge in [0, 0.05) is 10.7 Å². The lowest BCUT2D eigenvalue weighted by Gasteiger charge is -2.16. The minimum atomic E-state index is -0.399. The number of anilines is 2. The Kier molecular flexibility index (Phi) is 5.90. The highest BCUT2D eigenvalue weighted by Crippen LogP contribution is 2.36. The largest absolute Gasteiger partial charge is 0.350 e. The van der Waals surface area contributed by atoms with Crippen molar-refractivity contribution in [2.24, 2.45) is 0 Å². The van der Waals surface area contributed by atoms with Crippen LogP contribution in [-0.2, 0) is 16.0 Å². The lowest BCUT2D eigenvalue weighted by Crippen LogP contribution is -2.32.